The molecule has 0 heterocycles. The number of hydrogen-bond donors (Lipinski definition) is 0. The van der Waals surface area contributed by atoms with Crippen LogP contribution >= 0.6 is 0 Å². The Morgan fingerprint density at radius 1 is 0.525 bits per heavy atom. The minimum atomic E-state index is -0.794. The standard InChI is InChI=1S/C44H52O15/c1-4-38(45)54-25-7-6-24-53-33-18-20-34(21-19-33)57-41(48)30-14-16-32(17-15-30)43(50)59-37-23-22-35(28-36(37)44(51)52-3)58-42(49)31-12-10-29(11-13-31)40(47)56-27-9-8-26-55-39(46)5-2/h4-5,18-23,28-32H,1-2,6-17,24-27H2,3H3. The van der Waals surface area contributed by atoms with Crippen LogP contribution in [0.3, 0.4) is 0 Å². The molecule has 0 unspecified atom stereocenters. The molecule has 2 aromatic rings. The summed E-state index contributed by atoms with van der Waals surface area (Å²) >= 11 is 0. The lowest BCUT2D eigenvalue weighted by Crippen LogP contribution is -2.30. The fourth-order valence-corrected chi connectivity index (χ4v) is 6.61. The van der Waals surface area contributed by atoms with Crippen LogP contribution in [0.25, 0.3) is 0 Å². The van der Waals surface area contributed by atoms with Crippen LogP contribution in [0.2, 0.25) is 0 Å². The lowest BCUT2D eigenvalue weighted by atomic mass is 9.82. The van der Waals surface area contributed by atoms with E-state index in [2.05, 4.69) is 13.2 Å². The number of carbonyl (C=O) groups is 7. The highest BCUT2D eigenvalue weighted by molar-refractivity contribution is 5.94. The van der Waals surface area contributed by atoms with Crippen LogP contribution in [0.15, 0.2) is 67.8 Å². The van der Waals surface area contributed by atoms with Gasteiger partial charge in [-0.3, -0.25) is 19.2 Å². The Kier molecular flexibility index (Phi) is 18.6. The van der Waals surface area contributed by atoms with Gasteiger partial charge >= 0.3 is 41.8 Å². The first kappa shape index (κ1) is 45.7. The third kappa shape index (κ3) is 15.0. The van der Waals surface area contributed by atoms with E-state index in [0.29, 0.717) is 95.2 Å². The van der Waals surface area contributed by atoms with E-state index >= 15 is 0 Å². The van der Waals surface area contributed by atoms with Crippen molar-refractivity contribution in [3.05, 3.63) is 73.3 Å². The summed E-state index contributed by atoms with van der Waals surface area (Å²) in [6, 6.07) is 10.7. The normalized spacial score (nSPS) is 18.5. The molecule has 0 aliphatic heterocycles. The molecular formula is C44H52O15. The summed E-state index contributed by atoms with van der Waals surface area (Å²) in [4.78, 5) is 86.5. The van der Waals surface area contributed by atoms with Crippen molar-refractivity contribution in [3.8, 4) is 23.0 Å². The van der Waals surface area contributed by atoms with Crippen molar-refractivity contribution in [1.29, 1.82) is 0 Å². The van der Waals surface area contributed by atoms with Crippen molar-refractivity contribution in [2.24, 2.45) is 23.7 Å². The summed E-state index contributed by atoms with van der Waals surface area (Å²) in [6.07, 6.45) is 7.90. The Balaban J connectivity index is 1.18. The summed E-state index contributed by atoms with van der Waals surface area (Å²) in [5, 5.41) is 0. The van der Waals surface area contributed by atoms with Gasteiger partial charge in [0.1, 0.15) is 28.6 Å². The molecule has 15 heteroatoms. The van der Waals surface area contributed by atoms with Crippen LogP contribution in [0.5, 0.6) is 23.0 Å². The Morgan fingerprint density at radius 3 is 1.42 bits per heavy atom. The molecule has 15 nitrogen and oxygen atoms in total. The van der Waals surface area contributed by atoms with Crippen LogP contribution in [-0.2, 0) is 47.7 Å². The molecule has 0 aromatic heterocycles. The second-order valence-electron chi connectivity index (χ2n) is 14.2. The van der Waals surface area contributed by atoms with Crippen molar-refractivity contribution in [2.75, 3.05) is 33.5 Å². The smallest absolute Gasteiger partial charge is 0.341 e. The Labute approximate surface area is 343 Å². The first-order valence-electron chi connectivity index (χ1n) is 19.9. The first-order valence-corrected chi connectivity index (χ1v) is 19.9. The maximum atomic E-state index is 13.2. The molecule has 0 N–H and O–H groups in total. The zero-order valence-electron chi connectivity index (χ0n) is 33.4. The highest BCUT2D eigenvalue weighted by atomic mass is 16.6. The fourth-order valence-electron chi connectivity index (χ4n) is 6.61. The molecule has 0 amide bonds. The second kappa shape index (κ2) is 24.1. The molecule has 0 saturated heterocycles. The monoisotopic (exact) mass is 820 g/mol. The molecule has 0 bridgehead atoms. The number of ether oxygens (including phenoxy) is 8. The lowest BCUT2D eigenvalue weighted by molar-refractivity contribution is -0.152. The Bertz CT molecular complexity index is 1780. The quantitative estimate of drug-likeness (QED) is 0.0439. The molecule has 0 radical (unpaired) electrons. The number of rotatable bonds is 21. The van der Waals surface area contributed by atoms with Gasteiger partial charge in [0.25, 0.3) is 0 Å². The molecule has 0 atom stereocenters. The third-order valence-electron chi connectivity index (χ3n) is 10.0. The minimum Gasteiger partial charge on any atom is -0.494 e. The molecule has 2 aliphatic carbocycles. The Hall–Kier alpha value is -5.99. The third-order valence-corrected chi connectivity index (χ3v) is 10.0. The Morgan fingerprint density at radius 2 is 0.932 bits per heavy atom. The van der Waals surface area contributed by atoms with Crippen LogP contribution in [-0.4, -0.2) is 75.3 Å². The molecule has 2 fully saturated rings. The van der Waals surface area contributed by atoms with E-state index in [0.717, 1.165) is 12.2 Å². The van der Waals surface area contributed by atoms with Gasteiger partial charge in [-0.2, -0.15) is 0 Å². The van der Waals surface area contributed by atoms with Gasteiger partial charge in [0, 0.05) is 12.2 Å². The summed E-state index contributed by atoms with van der Waals surface area (Å²) in [5.74, 6) is -4.31. The number of esters is 7. The van der Waals surface area contributed by atoms with Gasteiger partial charge in [-0.05, 0) is 120 Å². The molecule has 2 aromatic carbocycles. The van der Waals surface area contributed by atoms with Crippen molar-refractivity contribution >= 4 is 41.8 Å². The molecule has 2 saturated carbocycles. The van der Waals surface area contributed by atoms with Crippen LogP contribution in [0, 0.1) is 23.7 Å². The first-order chi connectivity index (χ1) is 28.5. The number of benzene rings is 2. The minimum absolute atomic E-state index is 0.0542. The summed E-state index contributed by atoms with van der Waals surface area (Å²) in [7, 11) is 1.18. The van der Waals surface area contributed by atoms with Gasteiger partial charge in [-0.15, -0.1) is 0 Å². The average Bonchev–Trinajstić information content (AvgIpc) is 3.26. The predicted octanol–water partition coefficient (Wildman–Crippen LogP) is 6.44. The number of unbranched alkanes of at least 4 members (excludes halogenated alkanes) is 2. The topological polar surface area (TPSA) is 193 Å². The molecule has 4 rings (SSSR count). The molecular weight excluding hydrogens is 768 g/mol. The van der Waals surface area contributed by atoms with Crippen molar-refractivity contribution in [1.82, 2.24) is 0 Å². The zero-order chi connectivity index (χ0) is 42.6. The van der Waals surface area contributed by atoms with Crippen LogP contribution < -0.4 is 18.9 Å². The van der Waals surface area contributed by atoms with E-state index in [1.165, 1.54) is 25.3 Å². The van der Waals surface area contributed by atoms with Gasteiger partial charge in [0.2, 0.25) is 0 Å². The van der Waals surface area contributed by atoms with E-state index in [-0.39, 0.29) is 48.8 Å². The van der Waals surface area contributed by atoms with Gasteiger partial charge in [0.05, 0.1) is 57.2 Å². The van der Waals surface area contributed by atoms with E-state index in [9.17, 15) is 33.6 Å². The van der Waals surface area contributed by atoms with E-state index in [1.807, 2.05) is 0 Å². The number of hydrogen-bond acceptors (Lipinski definition) is 15. The van der Waals surface area contributed by atoms with Gasteiger partial charge in [-0.1, -0.05) is 13.2 Å². The van der Waals surface area contributed by atoms with E-state index in [4.69, 9.17) is 37.9 Å². The van der Waals surface area contributed by atoms with Gasteiger partial charge in [-0.25, -0.2) is 14.4 Å². The van der Waals surface area contributed by atoms with Gasteiger partial charge < -0.3 is 37.9 Å². The highest BCUT2D eigenvalue weighted by Crippen LogP contribution is 2.34. The number of methoxy groups -OCH3 is 1. The highest BCUT2D eigenvalue weighted by Gasteiger charge is 2.34. The van der Waals surface area contributed by atoms with Gasteiger partial charge in [0.15, 0.2) is 0 Å². The molecule has 318 valence electrons. The zero-order valence-corrected chi connectivity index (χ0v) is 33.4. The second-order valence-corrected chi connectivity index (χ2v) is 14.2. The van der Waals surface area contributed by atoms with Crippen molar-refractivity contribution in [3.63, 3.8) is 0 Å². The fraction of sp³-hybridized carbons (Fsp3) is 0.477. The number of carbonyl (C=O) groups excluding carboxylic acids is 7. The molecule has 2 aliphatic rings. The average molecular weight is 821 g/mol. The SMILES string of the molecule is C=CC(=O)OCCCCOC(=O)C1CCC(C(=O)Oc2ccc(OC(=O)C3CCC(C(=O)Oc4ccc(OCCCCOC(=O)C=C)cc4)CC3)c(C(=O)OC)c2)CC1. The van der Waals surface area contributed by atoms with E-state index < -0.39 is 53.6 Å². The summed E-state index contributed by atoms with van der Waals surface area (Å²) in [6.45, 7) is 7.80. The summed E-state index contributed by atoms with van der Waals surface area (Å²) in [5.41, 5.74) is -0.100. The summed E-state index contributed by atoms with van der Waals surface area (Å²) < 4.78 is 42.6. The molecule has 59 heavy (non-hydrogen) atoms. The lowest BCUT2D eigenvalue weighted by Gasteiger charge is -2.26. The van der Waals surface area contributed by atoms with Crippen LogP contribution in [0.1, 0.15) is 87.4 Å². The van der Waals surface area contributed by atoms with E-state index in [1.54, 1.807) is 24.3 Å². The van der Waals surface area contributed by atoms with Crippen molar-refractivity contribution < 1.29 is 71.5 Å². The van der Waals surface area contributed by atoms with Crippen molar-refractivity contribution in [2.45, 2.75) is 77.0 Å². The maximum absolute atomic E-state index is 13.2. The van der Waals surface area contributed by atoms with Crippen LogP contribution in [0.4, 0.5) is 0 Å². The predicted molar refractivity (Wildman–Crippen MR) is 209 cm³/mol. The molecule has 0 spiro atoms. The maximum Gasteiger partial charge on any atom is 0.341 e. The largest absolute Gasteiger partial charge is 0.494 e.